The van der Waals surface area contributed by atoms with Gasteiger partial charge < -0.3 is 0 Å². The van der Waals surface area contributed by atoms with Crippen molar-refractivity contribution in [1.82, 2.24) is 39.9 Å². The van der Waals surface area contributed by atoms with Gasteiger partial charge in [0.1, 0.15) is 0 Å². The largest absolute Gasteiger partial charge is 0.248 e. The maximum Gasteiger partial charge on any atom is 0.160 e. The van der Waals surface area contributed by atoms with Gasteiger partial charge in [-0.1, -0.05) is 285 Å². The predicted octanol–water partition coefficient (Wildman–Crippen LogP) is 23.3. The van der Waals surface area contributed by atoms with E-state index in [0.29, 0.717) is 11.6 Å². The van der Waals surface area contributed by atoms with E-state index in [0.717, 1.165) is 145 Å². The molecule has 19 aromatic rings. The number of nitrogens with zero attached hydrogens (tertiary/aromatic N) is 8. The van der Waals surface area contributed by atoms with Crippen LogP contribution in [0.2, 0.25) is 0 Å². The number of fused-ring (bicyclic) bond motifs is 8. The van der Waals surface area contributed by atoms with Gasteiger partial charge in [0.05, 0.1) is 67.6 Å². The van der Waals surface area contributed by atoms with Gasteiger partial charge in [-0.05, 0) is 121 Å². The van der Waals surface area contributed by atoms with Crippen LogP contribution in [0.3, 0.4) is 0 Å². The van der Waals surface area contributed by atoms with Crippen molar-refractivity contribution in [2.24, 2.45) is 0 Å². The van der Waals surface area contributed by atoms with Gasteiger partial charge >= 0.3 is 0 Å². The van der Waals surface area contributed by atoms with Crippen molar-refractivity contribution in [3.05, 3.63) is 352 Å². The molecule has 0 saturated carbocycles. The van der Waals surface area contributed by atoms with Crippen LogP contribution in [0.1, 0.15) is 0 Å². The van der Waals surface area contributed by atoms with Crippen molar-refractivity contribution in [2.75, 3.05) is 0 Å². The summed E-state index contributed by atoms with van der Waals surface area (Å²) in [5, 5.41) is 11.7. The molecule has 0 aliphatic rings. The Labute approximate surface area is 577 Å². The van der Waals surface area contributed by atoms with Crippen LogP contribution in [0.5, 0.6) is 0 Å². The molecule has 0 unspecified atom stereocenters. The fraction of sp³-hybridized carbons (Fsp3) is 0. The lowest BCUT2D eigenvalue weighted by Crippen LogP contribution is -1.97. The van der Waals surface area contributed by atoms with Crippen LogP contribution in [0.15, 0.2) is 352 Å². The van der Waals surface area contributed by atoms with E-state index in [1.807, 2.05) is 121 Å². The zero-order valence-electron chi connectivity index (χ0n) is 54.1. The van der Waals surface area contributed by atoms with E-state index >= 15 is 0 Å². The second-order valence-electron chi connectivity index (χ2n) is 25.1. The summed E-state index contributed by atoms with van der Waals surface area (Å²) < 4.78 is 0. The third-order valence-electron chi connectivity index (χ3n) is 18.7. The first-order valence-corrected chi connectivity index (χ1v) is 33.5. The Morgan fingerprint density at radius 3 is 0.990 bits per heavy atom. The van der Waals surface area contributed by atoms with E-state index in [4.69, 9.17) is 39.9 Å². The topological polar surface area (TPSA) is 103 Å². The number of aromatic nitrogens is 8. The quantitative estimate of drug-likeness (QED) is 0.125. The minimum Gasteiger partial charge on any atom is -0.248 e. The molecule has 13 aromatic carbocycles. The highest BCUT2D eigenvalue weighted by Gasteiger charge is 2.17. The summed E-state index contributed by atoms with van der Waals surface area (Å²) in [7, 11) is 0. The highest BCUT2D eigenvalue weighted by molar-refractivity contribution is 6.14. The number of pyridine rings is 4. The number of hydrogen-bond donors (Lipinski definition) is 0. The monoisotopic (exact) mass is 1270 g/mol. The van der Waals surface area contributed by atoms with E-state index in [2.05, 4.69) is 231 Å². The molecular formula is C92H58N8. The van der Waals surface area contributed by atoms with Crippen molar-refractivity contribution in [3.8, 4) is 113 Å². The van der Waals surface area contributed by atoms with E-state index in [1.54, 1.807) is 0 Å². The molecule has 6 aromatic heterocycles. The van der Waals surface area contributed by atoms with Crippen LogP contribution in [0.25, 0.3) is 189 Å². The summed E-state index contributed by atoms with van der Waals surface area (Å²) >= 11 is 0. The van der Waals surface area contributed by atoms with Crippen LogP contribution in [-0.2, 0) is 0 Å². The van der Waals surface area contributed by atoms with E-state index in [1.165, 1.54) is 32.3 Å². The highest BCUT2D eigenvalue weighted by Crippen LogP contribution is 2.38. The lowest BCUT2D eigenvalue weighted by Gasteiger charge is -2.11. The van der Waals surface area contributed by atoms with Gasteiger partial charge in [0.25, 0.3) is 0 Å². The van der Waals surface area contributed by atoms with Gasteiger partial charge in [-0.2, -0.15) is 0 Å². The molecule has 100 heavy (non-hydrogen) atoms. The van der Waals surface area contributed by atoms with Crippen LogP contribution in [0, 0.1) is 0 Å². The van der Waals surface area contributed by atoms with Crippen LogP contribution < -0.4 is 0 Å². The first-order chi connectivity index (χ1) is 49.5. The molecule has 0 bridgehead atoms. The van der Waals surface area contributed by atoms with Gasteiger partial charge in [-0.15, -0.1) is 0 Å². The standard InChI is InChI=1S/C48H30N4.C44H28N4/c1-3-11-32(12-4-1)45-30-46(52-48(51-45)36-13-5-2-6-14-36)42-27-25-34-20-23-38(29-44(34)50-42)37-22-19-33-24-26-41(49-43(33)28-37)40-17-9-15-35-21-18-31-10-7-8-16-39(31)47(35)40;1-3-10-30(11-4-1)42-28-43(48-44(47-42)33-12-5-2-6-13-33)39-24-22-32-17-19-36(27-41(32)46-39)35-18-16-31-21-23-38(45-40(31)26-35)37-20-15-29-9-7-8-14-34(29)25-37/h1-30H;1-28H. The predicted molar refractivity (Wildman–Crippen MR) is 412 cm³/mol. The van der Waals surface area contributed by atoms with Gasteiger partial charge in [0.15, 0.2) is 11.6 Å². The molecule has 0 atom stereocenters. The molecule has 8 nitrogen and oxygen atoms in total. The molecule has 0 amide bonds. The number of hydrogen-bond acceptors (Lipinski definition) is 8. The number of benzene rings is 13. The smallest absolute Gasteiger partial charge is 0.160 e. The lowest BCUT2D eigenvalue weighted by molar-refractivity contribution is 1.17. The van der Waals surface area contributed by atoms with Crippen LogP contribution >= 0.6 is 0 Å². The summed E-state index contributed by atoms with van der Waals surface area (Å²) in [6.07, 6.45) is 0. The Morgan fingerprint density at radius 2 is 0.490 bits per heavy atom. The fourth-order valence-corrected chi connectivity index (χ4v) is 13.5. The Morgan fingerprint density at radius 1 is 0.150 bits per heavy atom. The minimum atomic E-state index is 0.673. The second kappa shape index (κ2) is 25.5. The Bertz CT molecular complexity index is 6230. The molecule has 0 N–H and O–H groups in total. The molecule has 0 aliphatic carbocycles. The maximum atomic E-state index is 5.24. The summed E-state index contributed by atoms with van der Waals surface area (Å²) in [5.74, 6) is 1.35. The Balaban J connectivity index is 0.000000145. The average Bonchev–Trinajstić information content (AvgIpc) is 0.777. The van der Waals surface area contributed by atoms with E-state index < -0.39 is 0 Å². The lowest BCUT2D eigenvalue weighted by atomic mass is 9.95. The van der Waals surface area contributed by atoms with E-state index in [-0.39, 0.29) is 0 Å². The fourth-order valence-electron chi connectivity index (χ4n) is 13.5. The third-order valence-corrected chi connectivity index (χ3v) is 18.7. The molecule has 19 rings (SSSR count). The van der Waals surface area contributed by atoms with Crippen molar-refractivity contribution in [1.29, 1.82) is 0 Å². The molecule has 0 saturated heterocycles. The Kier molecular flexibility index (Phi) is 15.1. The van der Waals surface area contributed by atoms with Gasteiger partial charge in [-0.25, -0.2) is 39.9 Å². The molecule has 0 spiro atoms. The van der Waals surface area contributed by atoms with Gasteiger partial charge in [-0.3, -0.25) is 0 Å². The molecule has 6 heterocycles. The van der Waals surface area contributed by atoms with Crippen LogP contribution in [-0.4, -0.2) is 39.9 Å². The summed E-state index contributed by atoms with van der Waals surface area (Å²) in [4.78, 5) is 40.5. The molecule has 466 valence electrons. The second-order valence-corrected chi connectivity index (χ2v) is 25.1. The van der Waals surface area contributed by atoms with Crippen molar-refractivity contribution < 1.29 is 0 Å². The minimum absolute atomic E-state index is 0.673. The SMILES string of the molecule is c1ccc(-c2cc(-c3ccc4ccc(-c5ccc6ccc(-c7ccc8ccccc8c7)nc6c5)cc4n3)nc(-c3ccccc3)n2)cc1.c1ccc(-c2cc(-c3ccc4ccc(-c5ccc6ccc(-c7cccc8ccc9ccccc9c78)nc6c5)cc4n3)nc(-c3ccccc3)n2)cc1. The first kappa shape index (κ1) is 59.0. The van der Waals surface area contributed by atoms with E-state index in [9.17, 15) is 0 Å². The van der Waals surface area contributed by atoms with Crippen molar-refractivity contribution in [3.63, 3.8) is 0 Å². The first-order valence-electron chi connectivity index (χ1n) is 33.5. The zero-order chi connectivity index (χ0) is 66.3. The molecule has 0 fully saturated rings. The van der Waals surface area contributed by atoms with Gasteiger partial charge in [0, 0.05) is 54.9 Å². The normalized spacial score (nSPS) is 11.4. The summed E-state index contributed by atoms with van der Waals surface area (Å²) in [6.45, 7) is 0. The van der Waals surface area contributed by atoms with Crippen LogP contribution in [0.4, 0.5) is 0 Å². The summed E-state index contributed by atoms with van der Waals surface area (Å²) in [5.41, 5.74) is 21.2. The third kappa shape index (κ3) is 11.7. The highest BCUT2D eigenvalue weighted by atomic mass is 14.9. The van der Waals surface area contributed by atoms with Crippen molar-refractivity contribution in [2.45, 2.75) is 0 Å². The molecule has 0 radical (unpaired) electrons. The zero-order valence-corrected chi connectivity index (χ0v) is 54.1. The molecular weight excluding hydrogens is 1220 g/mol. The number of rotatable bonds is 10. The molecule has 0 aliphatic heterocycles. The Hall–Kier alpha value is -13.6. The van der Waals surface area contributed by atoms with Gasteiger partial charge in [0.2, 0.25) is 0 Å². The molecule has 8 heteroatoms. The summed E-state index contributed by atoms with van der Waals surface area (Å²) in [6, 6.07) is 122. The van der Waals surface area contributed by atoms with Crippen molar-refractivity contribution >= 4 is 75.9 Å². The average molecular weight is 1280 g/mol. The maximum absolute atomic E-state index is 5.24.